The molecule has 0 spiro atoms. The van der Waals surface area contributed by atoms with E-state index in [4.69, 9.17) is 14.4 Å². The van der Waals surface area contributed by atoms with Crippen LogP contribution in [0.1, 0.15) is 65.9 Å². The second-order valence-electron chi connectivity index (χ2n) is 12.7. The highest BCUT2D eigenvalue weighted by Crippen LogP contribution is 2.37. The van der Waals surface area contributed by atoms with Crippen LogP contribution in [0.5, 0.6) is 5.75 Å². The molecular weight excluding hydrogens is 539 g/mol. The Labute approximate surface area is 241 Å². The summed E-state index contributed by atoms with van der Waals surface area (Å²) in [7, 11) is -1.92. The van der Waals surface area contributed by atoms with Gasteiger partial charge in [0.25, 0.3) is 0 Å². The lowest BCUT2D eigenvalue weighted by atomic mass is 10.1. The first-order chi connectivity index (χ1) is 18.6. The zero-order valence-electron chi connectivity index (χ0n) is 24.9. The van der Waals surface area contributed by atoms with E-state index in [1.807, 2.05) is 70.2 Å². The minimum absolute atomic E-state index is 0.111. The molecule has 0 bridgehead atoms. The molecule has 0 aliphatic rings. The normalized spacial score (nSPS) is 14.4. The van der Waals surface area contributed by atoms with Crippen LogP contribution in [0, 0.1) is 0 Å². The molecule has 2 N–H and O–H groups in total. The molecular formula is C30H41N5O3SSi. The first-order valence-corrected chi connectivity index (χ1v) is 17.6. The van der Waals surface area contributed by atoms with E-state index in [0.29, 0.717) is 23.5 Å². The van der Waals surface area contributed by atoms with Crippen LogP contribution in [0.3, 0.4) is 0 Å². The fourth-order valence-corrected chi connectivity index (χ4v) is 5.56. The van der Waals surface area contributed by atoms with Crippen LogP contribution in [-0.4, -0.2) is 42.5 Å². The number of hydrogen-bond donors (Lipinski definition) is 2. The molecule has 4 rings (SSSR count). The van der Waals surface area contributed by atoms with Crippen molar-refractivity contribution in [3.8, 4) is 22.8 Å². The molecule has 0 fully saturated rings. The molecule has 4 aromatic rings. The summed E-state index contributed by atoms with van der Waals surface area (Å²) in [5.74, 6) is 0.760. The second-order valence-corrected chi connectivity index (χ2v) is 19.5. The zero-order chi connectivity index (χ0) is 29.5. The van der Waals surface area contributed by atoms with Gasteiger partial charge in [0.1, 0.15) is 10.5 Å². The molecule has 0 aliphatic carbocycles. The van der Waals surface area contributed by atoms with Crippen LogP contribution in [0.15, 0.2) is 54.7 Å². The van der Waals surface area contributed by atoms with E-state index in [-0.39, 0.29) is 21.6 Å². The molecule has 3 heterocycles. The van der Waals surface area contributed by atoms with E-state index in [2.05, 4.69) is 43.7 Å². The van der Waals surface area contributed by atoms with E-state index >= 15 is 0 Å². The minimum atomic E-state index is -1.92. The van der Waals surface area contributed by atoms with Crippen molar-refractivity contribution in [3.05, 3.63) is 66.1 Å². The number of rotatable bonds is 8. The van der Waals surface area contributed by atoms with Crippen molar-refractivity contribution >= 4 is 30.6 Å². The Morgan fingerprint density at radius 2 is 1.75 bits per heavy atom. The number of benzene rings is 1. The highest BCUT2D eigenvalue weighted by atomic mass is 32.2. The average molecular weight is 580 g/mol. The third kappa shape index (κ3) is 6.58. The quantitative estimate of drug-likeness (QED) is 0.174. The molecule has 0 aliphatic heterocycles. The van der Waals surface area contributed by atoms with Gasteiger partial charge in [0.05, 0.1) is 46.8 Å². The van der Waals surface area contributed by atoms with Crippen molar-refractivity contribution in [1.82, 2.24) is 24.5 Å². The first-order valence-electron chi connectivity index (χ1n) is 13.5. The predicted octanol–water partition coefficient (Wildman–Crippen LogP) is 6.82. The number of phenolic OH excluding ortho intramolecular Hbond substituents is 1. The summed E-state index contributed by atoms with van der Waals surface area (Å²) in [6.45, 7) is 19.3. The Balaban J connectivity index is 1.65. The standard InChI is InChI=1S/C30H41N5O3SSi/c1-20(34-39(37)29(2,3)4)24-13-11-14-25(33-24)21-16-26-23(27(36)17-21)18-31-35(26)28-15-10-12-22(32-28)19-38-40(8,9)30(5,6)7/h10-18,20,34,36H,19H2,1-9H3/t20-,39+/m0/s1. The first kappa shape index (κ1) is 30.2. The number of hydrogen-bond acceptors (Lipinski definition) is 7. The number of aromatic hydroxyl groups is 1. The maximum atomic E-state index is 12.6. The fraction of sp³-hybridized carbons (Fsp3) is 0.433. The lowest BCUT2D eigenvalue weighted by Crippen LogP contribution is -2.40. The summed E-state index contributed by atoms with van der Waals surface area (Å²) in [6.07, 6.45) is 1.65. The largest absolute Gasteiger partial charge is 0.598 e. The molecule has 10 heteroatoms. The lowest BCUT2D eigenvalue weighted by molar-refractivity contribution is 0.272. The van der Waals surface area contributed by atoms with Crippen LogP contribution in [-0.2, 0) is 22.4 Å². The SMILES string of the molecule is C[C@H](N[S@+]([O-])C(C)(C)C)c1cccc(-c2cc(O)c3cnn(-c4cccc(CO[Si](C)(C)C(C)(C)C)n4)c3c2)n1. The van der Waals surface area contributed by atoms with Crippen molar-refractivity contribution in [2.45, 2.75) is 84.0 Å². The maximum Gasteiger partial charge on any atom is 0.192 e. The van der Waals surface area contributed by atoms with Crippen LogP contribution >= 0.6 is 0 Å². The summed E-state index contributed by atoms with van der Waals surface area (Å²) in [5.41, 5.74) is 3.75. The highest BCUT2D eigenvalue weighted by Gasteiger charge is 2.37. The second kappa shape index (κ2) is 11.3. The van der Waals surface area contributed by atoms with Gasteiger partial charge in [-0.25, -0.2) is 9.67 Å². The van der Waals surface area contributed by atoms with Gasteiger partial charge >= 0.3 is 0 Å². The van der Waals surface area contributed by atoms with Crippen molar-refractivity contribution in [2.75, 3.05) is 0 Å². The molecule has 1 aromatic carbocycles. The number of pyridine rings is 2. The highest BCUT2D eigenvalue weighted by molar-refractivity contribution is 7.90. The fourth-order valence-electron chi connectivity index (χ4n) is 3.83. The molecule has 40 heavy (non-hydrogen) atoms. The van der Waals surface area contributed by atoms with Gasteiger partial charge in [0.15, 0.2) is 14.1 Å². The molecule has 8 nitrogen and oxygen atoms in total. The number of nitrogens with zero attached hydrogens (tertiary/aromatic N) is 4. The molecule has 0 radical (unpaired) electrons. The molecule has 2 atom stereocenters. The van der Waals surface area contributed by atoms with E-state index in [1.165, 1.54) is 0 Å². The summed E-state index contributed by atoms with van der Waals surface area (Å²) < 4.78 is 23.5. The van der Waals surface area contributed by atoms with Gasteiger partial charge in [0, 0.05) is 16.9 Å². The zero-order valence-corrected chi connectivity index (χ0v) is 26.8. The maximum absolute atomic E-state index is 12.6. The number of fused-ring (bicyclic) bond motifs is 1. The summed E-state index contributed by atoms with van der Waals surface area (Å²) >= 11 is -1.23. The third-order valence-corrected chi connectivity index (χ3v) is 13.6. The summed E-state index contributed by atoms with van der Waals surface area (Å²) in [6, 6.07) is 15.0. The van der Waals surface area contributed by atoms with Crippen LogP contribution in [0.2, 0.25) is 18.1 Å². The van der Waals surface area contributed by atoms with E-state index in [0.717, 1.165) is 22.5 Å². The Bertz CT molecular complexity index is 1490. The van der Waals surface area contributed by atoms with Crippen molar-refractivity contribution in [2.24, 2.45) is 0 Å². The van der Waals surface area contributed by atoms with Gasteiger partial charge in [-0.3, -0.25) is 4.98 Å². The van der Waals surface area contributed by atoms with Gasteiger partial charge in [-0.1, -0.05) is 32.9 Å². The van der Waals surface area contributed by atoms with E-state index in [9.17, 15) is 9.66 Å². The number of nitrogens with one attached hydrogen (secondary N) is 1. The minimum Gasteiger partial charge on any atom is -0.598 e. The summed E-state index contributed by atoms with van der Waals surface area (Å²) in [5, 5.41) is 16.2. The molecule has 214 valence electrons. The van der Waals surface area contributed by atoms with Gasteiger partial charge in [-0.05, 0) is 82.2 Å². The van der Waals surface area contributed by atoms with Crippen LogP contribution in [0.4, 0.5) is 0 Å². The van der Waals surface area contributed by atoms with Gasteiger partial charge in [-0.15, -0.1) is 4.72 Å². The van der Waals surface area contributed by atoms with Crippen LogP contribution < -0.4 is 4.72 Å². The Morgan fingerprint density at radius 1 is 1.05 bits per heavy atom. The van der Waals surface area contributed by atoms with Gasteiger partial charge < -0.3 is 14.1 Å². The van der Waals surface area contributed by atoms with E-state index < -0.39 is 19.7 Å². The molecule has 0 saturated carbocycles. The third-order valence-electron chi connectivity index (χ3n) is 7.41. The topological polar surface area (TPSA) is 108 Å². The predicted molar refractivity (Wildman–Crippen MR) is 165 cm³/mol. The smallest absolute Gasteiger partial charge is 0.192 e. The lowest BCUT2D eigenvalue weighted by Gasteiger charge is -2.36. The summed E-state index contributed by atoms with van der Waals surface area (Å²) in [4.78, 5) is 9.66. The Kier molecular flexibility index (Phi) is 8.50. The van der Waals surface area contributed by atoms with E-state index in [1.54, 1.807) is 16.9 Å². The van der Waals surface area contributed by atoms with Crippen molar-refractivity contribution < 1.29 is 14.1 Å². The number of aromatic nitrogens is 4. The molecule has 0 unspecified atom stereocenters. The molecule has 3 aromatic heterocycles. The average Bonchev–Trinajstić information content (AvgIpc) is 3.31. The molecule has 0 amide bonds. The van der Waals surface area contributed by atoms with Crippen molar-refractivity contribution in [1.29, 1.82) is 0 Å². The Hall–Kier alpha value is -2.76. The monoisotopic (exact) mass is 579 g/mol. The molecule has 0 saturated heterocycles. The number of phenols is 1. The van der Waals surface area contributed by atoms with Crippen molar-refractivity contribution in [3.63, 3.8) is 0 Å². The van der Waals surface area contributed by atoms with Crippen LogP contribution in [0.25, 0.3) is 28.0 Å². The van der Waals surface area contributed by atoms with Gasteiger partial charge in [-0.2, -0.15) is 5.10 Å². The Morgan fingerprint density at radius 3 is 2.42 bits per heavy atom. The van der Waals surface area contributed by atoms with Gasteiger partial charge in [0.2, 0.25) is 0 Å².